The van der Waals surface area contributed by atoms with Crippen LogP contribution in [-0.4, -0.2) is 30.7 Å². The number of ether oxygens (including phenoxy) is 1. The van der Waals surface area contributed by atoms with Crippen LogP contribution in [0.5, 0.6) is 0 Å². The average molecular weight is 424 g/mol. The molecule has 1 aliphatic carbocycles. The molecule has 2 rings (SSSR count). The van der Waals surface area contributed by atoms with E-state index in [1.54, 1.807) is 12.1 Å². The van der Waals surface area contributed by atoms with E-state index >= 15 is 0 Å². The third kappa shape index (κ3) is 4.00. The molecule has 1 aliphatic rings. The lowest BCUT2D eigenvalue weighted by molar-refractivity contribution is -0.170. The van der Waals surface area contributed by atoms with Crippen LogP contribution in [-0.2, 0) is 14.9 Å². The lowest BCUT2D eigenvalue weighted by Gasteiger charge is -2.57. The van der Waals surface area contributed by atoms with Crippen molar-refractivity contribution in [2.45, 2.75) is 58.1 Å². The Morgan fingerprint density at radius 1 is 1.35 bits per heavy atom. The summed E-state index contributed by atoms with van der Waals surface area (Å²) < 4.78 is 5.69. The van der Waals surface area contributed by atoms with E-state index in [0.717, 1.165) is 5.56 Å². The van der Waals surface area contributed by atoms with Gasteiger partial charge in [0.25, 0.3) is 0 Å². The molecule has 148 valence electrons. The van der Waals surface area contributed by atoms with Crippen LogP contribution < -0.4 is 11.1 Å². The Labute approximate surface area is 172 Å². The molecule has 1 aromatic carbocycles. The number of carbonyl (C=O) groups excluding carboxylic acids is 1. The number of nitrogens with two attached hydrogens (primary N) is 1. The fourth-order valence-corrected chi connectivity index (χ4v) is 4.42. The number of amides is 1. The molecule has 3 N–H and O–H groups in total. The zero-order valence-electron chi connectivity index (χ0n) is 16.0. The molecule has 1 saturated carbocycles. The maximum absolute atomic E-state index is 12.8. The Morgan fingerprint density at radius 2 is 1.88 bits per heavy atom. The van der Waals surface area contributed by atoms with Gasteiger partial charge in [-0.25, -0.2) is 0 Å². The zero-order chi connectivity index (χ0) is 19.0. The molecule has 0 aliphatic heterocycles. The van der Waals surface area contributed by atoms with Crippen LogP contribution in [0.25, 0.3) is 0 Å². The Balaban J connectivity index is 0.00000338. The zero-order valence-corrected chi connectivity index (χ0v) is 18.3. The highest BCUT2D eigenvalue weighted by Gasteiger charge is 2.62. The van der Waals surface area contributed by atoms with E-state index in [4.69, 9.17) is 33.7 Å². The van der Waals surface area contributed by atoms with E-state index in [1.165, 1.54) is 0 Å². The van der Waals surface area contributed by atoms with Gasteiger partial charge in [-0.15, -0.1) is 12.4 Å². The van der Waals surface area contributed by atoms with Crippen molar-refractivity contribution in [2.24, 2.45) is 11.1 Å². The fraction of sp³-hybridized carbons (Fsp3) is 0.632. The van der Waals surface area contributed by atoms with Crippen LogP contribution in [0.4, 0.5) is 0 Å². The van der Waals surface area contributed by atoms with E-state index in [2.05, 4.69) is 5.32 Å². The summed E-state index contributed by atoms with van der Waals surface area (Å²) in [7, 11) is 0. The van der Waals surface area contributed by atoms with Gasteiger partial charge in [-0.3, -0.25) is 4.79 Å². The first kappa shape index (κ1) is 23.5. The highest BCUT2D eigenvalue weighted by Crippen LogP contribution is 2.50. The van der Waals surface area contributed by atoms with E-state index in [0.29, 0.717) is 29.6 Å². The molecule has 7 heteroatoms. The molecule has 1 aromatic rings. The van der Waals surface area contributed by atoms with Crippen molar-refractivity contribution < 1.29 is 9.53 Å². The Hall–Kier alpha value is -0.520. The topological polar surface area (TPSA) is 64.3 Å². The second kappa shape index (κ2) is 8.24. The standard InChI is InChI=1S/C19H28Cl2N2O2.ClH/c1-6-25-14-10-19(22,18(14,4)5)16(24)23-11-17(2,3)15-12(20)8-7-9-13(15)21;/h7-9,14H,6,10-11,22H2,1-5H3,(H,23,24);1H. The lowest BCUT2D eigenvalue weighted by Crippen LogP contribution is -2.76. The van der Waals surface area contributed by atoms with Crippen LogP contribution in [0.2, 0.25) is 10.0 Å². The Bertz CT molecular complexity index is 644. The summed E-state index contributed by atoms with van der Waals surface area (Å²) >= 11 is 12.6. The van der Waals surface area contributed by atoms with Gasteiger partial charge in [0, 0.05) is 40.4 Å². The summed E-state index contributed by atoms with van der Waals surface area (Å²) in [6, 6.07) is 5.42. The first-order chi connectivity index (χ1) is 11.5. The van der Waals surface area contributed by atoms with Crippen LogP contribution in [0.1, 0.15) is 46.6 Å². The maximum atomic E-state index is 12.8. The number of rotatable bonds is 6. The molecule has 0 bridgehead atoms. The van der Waals surface area contributed by atoms with Gasteiger partial charge < -0.3 is 15.8 Å². The molecule has 26 heavy (non-hydrogen) atoms. The number of halogens is 3. The van der Waals surface area contributed by atoms with Crippen molar-refractivity contribution in [1.82, 2.24) is 5.32 Å². The largest absolute Gasteiger partial charge is 0.378 e. The van der Waals surface area contributed by atoms with Gasteiger partial charge in [-0.2, -0.15) is 0 Å². The summed E-state index contributed by atoms with van der Waals surface area (Å²) in [4.78, 5) is 12.8. The van der Waals surface area contributed by atoms with Gasteiger partial charge in [0.05, 0.1) is 6.10 Å². The Morgan fingerprint density at radius 3 is 2.35 bits per heavy atom. The summed E-state index contributed by atoms with van der Waals surface area (Å²) in [6.07, 6.45) is 0.520. The smallest absolute Gasteiger partial charge is 0.240 e. The number of hydrogen-bond donors (Lipinski definition) is 2. The van der Waals surface area contributed by atoms with Gasteiger partial charge in [-0.1, -0.05) is 57.0 Å². The van der Waals surface area contributed by atoms with Gasteiger partial charge in [-0.05, 0) is 24.6 Å². The molecule has 2 unspecified atom stereocenters. The molecule has 0 saturated heterocycles. The summed E-state index contributed by atoms with van der Waals surface area (Å²) in [5.41, 5.74) is 5.48. The minimum atomic E-state index is -0.937. The average Bonchev–Trinajstić information content (AvgIpc) is 2.51. The number of carbonyl (C=O) groups is 1. The van der Waals surface area contributed by atoms with E-state index in [9.17, 15) is 4.79 Å². The second-order valence-electron chi connectivity index (χ2n) is 8.00. The van der Waals surface area contributed by atoms with Crippen molar-refractivity contribution in [2.75, 3.05) is 13.2 Å². The highest BCUT2D eigenvalue weighted by atomic mass is 35.5. The monoisotopic (exact) mass is 422 g/mol. The minimum absolute atomic E-state index is 0. The van der Waals surface area contributed by atoms with Crippen LogP contribution in [0.15, 0.2) is 18.2 Å². The number of hydrogen-bond acceptors (Lipinski definition) is 3. The third-order valence-corrected chi connectivity index (χ3v) is 6.20. The molecule has 1 fully saturated rings. The summed E-state index contributed by atoms with van der Waals surface area (Å²) in [5, 5.41) is 4.18. The lowest BCUT2D eigenvalue weighted by atomic mass is 9.54. The van der Waals surface area contributed by atoms with Gasteiger partial charge in [0.1, 0.15) is 5.54 Å². The molecule has 0 aromatic heterocycles. The summed E-state index contributed by atoms with van der Waals surface area (Å²) in [5.74, 6) is -0.162. The molecular weight excluding hydrogens is 395 g/mol. The van der Waals surface area contributed by atoms with Crippen LogP contribution in [0, 0.1) is 5.41 Å². The number of benzene rings is 1. The molecular formula is C19H29Cl3N2O2. The van der Waals surface area contributed by atoms with Gasteiger partial charge in [0.15, 0.2) is 0 Å². The predicted octanol–water partition coefficient (Wildman–Crippen LogP) is 4.34. The van der Waals surface area contributed by atoms with Gasteiger partial charge in [0.2, 0.25) is 5.91 Å². The van der Waals surface area contributed by atoms with Crippen LogP contribution in [0.3, 0.4) is 0 Å². The van der Waals surface area contributed by atoms with Gasteiger partial charge >= 0.3 is 0 Å². The predicted molar refractivity (Wildman–Crippen MR) is 110 cm³/mol. The third-order valence-electron chi connectivity index (χ3n) is 5.57. The van der Waals surface area contributed by atoms with Crippen molar-refractivity contribution in [3.8, 4) is 0 Å². The van der Waals surface area contributed by atoms with E-state index < -0.39 is 16.4 Å². The quantitative estimate of drug-likeness (QED) is 0.715. The normalized spacial score (nSPS) is 24.4. The van der Waals surface area contributed by atoms with Crippen molar-refractivity contribution in [1.29, 1.82) is 0 Å². The second-order valence-corrected chi connectivity index (χ2v) is 8.82. The molecule has 0 spiro atoms. The minimum Gasteiger partial charge on any atom is -0.378 e. The fourth-order valence-electron chi connectivity index (χ4n) is 3.51. The molecule has 2 atom stereocenters. The molecule has 4 nitrogen and oxygen atoms in total. The first-order valence-corrected chi connectivity index (χ1v) is 9.36. The van der Waals surface area contributed by atoms with Crippen molar-refractivity contribution >= 4 is 41.5 Å². The molecule has 0 radical (unpaired) electrons. The SMILES string of the molecule is CCOC1CC(N)(C(=O)NCC(C)(C)c2c(Cl)cccc2Cl)C1(C)C.Cl. The van der Waals surface area contributed by atoms with Crippen molar-refractivity contribution in [3.63, 3.8) is 0 Å². The van der Waals surface area contributed by atoms with Crippen LogP contribution >= 0.6 is 35.6 Å². The molecule has 1 amide bonds. The Kier molecular flexibility index (Phi) is 7.45. The maximum Gasteiger partial charge on any atom is 0.240 e. The van der Waals surface area contributed by atoms with E-state index in [1.807, 2.05) is 40.7 Å². The number of nitrogens with one attached hydrogen (secondary N) is 1. The first-order valence-electron chi connectivity index (χ1n) is 8.60. The molecule has 0 heterocycles. The summed E-state index contributed by atoms with van der Waals surface area (Å²) in [6.45, 7) is 10.9. The van der Waals surface area contributed by atoms with Crippen molar-refractivity contribution in [3.05, 3.63) is 33.8 Å². The van der Waals surface area contributed by atoms with E-state index in [-0.39, 0.29) is 24.4 Å². The highest BCUT2D eigenvalue weighted by molar-refractivity contribution is 6.36.